The molecule has 0 radical (unpaired) electrons. The summed E-state index contributed by atoms with van der Waals surface area (Å²) in [6.07, 6.45) is 2.13. The van der Waals surface area contributed by atoms with E-state index < -0.39 is 0 Å². The van der Waals surface area contributed by atoms with Crippen LogP contribution in [0, 0.1) is 11.8 Å². The number of rotatable bonds is 4. The Hall–Kier alpha value is -0.570. The molecular weight excluding hydrogens is 214 g/mol. The van der Waals surface area contributed by atoms with E-state index in [0.29, 0.717) is 24.6 Å². The van der Waals surface area contributed by atoms with Crippen LogP contribution in [0.25, 0.3) is 0 Å². The van der Waals surface area contributed by atoms with Crippen molar-refractivity contribution in [3.8, 4) is 0 Å². The molecule has 1 aliphatic heterocycles. The molecule has 0 amide bonds. The molecular formula is C14H27NO2. The maximum absolute atomic E-state index is 12.0. The molecule has 0 aliphatic carbocycles. The fourth-order valence-electron chi connectivity index (χ4n) is 2.85. The number of ether oxygens (including phenoxy) is 1. The van der Waals surface area contributed by atoms with Crippen molar-refractivity contribution in [1.29, 1.82) is 0 Å². The molecule has 0 aromatic heterocycles. The first-order valence-electron chi connectivity index (χ1n) is 6.93. The van der Waals surface area contributed by atoms with Gasteiger partial charge in [-0.25, -0.2) is 0 Å². The summed E-state index contributed by atoms with van der Waals surface area (Å²) in [5.41, 5.74) is 0. The van der Waals surface area contributed by atoms with Crippen LogP contribution in [0.2, 0.25) is 0 Å². The zero-order chi connectivity index (χ0) is 13.0. The lowest BCUT2D eigenvalue weighted by atomic mass is 9.82. The first kappa shape index (κ1) is 14.5. The van der Waals surface area contributed by atoms with Gasteiger partial charge in [-0.1, -0.05) is 13.3 Å². The van der Waals surface area contributed by atoms with Crippen molar-refractivity contribution in [2.45, 2.75) is 59.5 Å². The van der Waals surface area contributed by atoms with E-state index in [0.717, 1.165) is 19.4 Å². The van der Waals surface area contributed by atoms with Gasteiger partial charge in [0.05, 0.1) is 12.5 Å². The maximum atomic E-state index is 12.0. The molecule has 3 heteroatoms. The number of nitrogens with zero attached hydrogens (tertiary/aromatic N) is 1. The second kappa shape index (κ2) is 6.39. The Morgan fingerprint density at radius 3 is 2.53 bits per heavy atom. The molecule has 100 valence electrons. The highest BCUT2D eigenvalue weighted by atomic mass is 16.5. The van der Waals surface area contributed by atoms with E-state index >= 15 is 0 Å². The Morgan fingerprint density at radius 1 is 1.41 bits per heavy atom. The van der Waals surface area contributed by atoms with Gasteiger partial charge in [0.1, 0.15) is 0 Å². The summed E-state index contributed by atoms with van der Waals surface area (Å²) in [6, 6.07) is 0.799. The summed E-state index contributed by atoms with van der Waals surface area (Å²) in [5.74, 6) is 0.669. The monoisotopic (exact) mass is 241 g/mol. The van der Waals surface area contributed by atoms with Crippen LogP contribution in [0.1, 0.15) is 47.5 Å². The quantitative estimate of drug-likeness (QED) is 0.709. The molecule has 1 heterocycles. The molecule has 1 rings (SSSR count). The molecule has 0 bridgehead atoms. The van der Waals surface area contributed by atoms with Crippen molar-refractivity contribution in [2.75, 3.05) is 13.2 Å². The molecule has 17 heavy (non-hydrogen) atoms. The van der Waals surface area contributed by atoms with Gasteiger partial charge in [0.2, 0.25) is 0 Å². The maximum Gasteiger partial charge on any atom is 0.310 e. The van der Waals surface area contributed by atoms with E-state index in [1.807, 2.05) is 6.92 Å². The molecule has 1 saturated heterocycles. The Morgan fingerprint density at radius 2 is 2.06 bits per heavy atom. The van der Waals surface area contributed by atoms with E-state index in [2.05, 4.69) is 32.6 Å². The lowest BCUT2D eigenvalue weighted by Gasteiger charge is -2.44. The van der Waals surface area contributed by atoms with Crippen molar-refractivity contribution >= 4 is 5.97 Å². The van der Waals surface area contributed by atoms with Gasteiger partial charge >= 0.3 is 5.97 Å². The van der Waals surface area contributed by atoms with Crippen molar-refractivity contribution in [3.63, 3.8) is 0 Å². The average Bonchev–Trinajstić information content (AvgIpc) is 2.29. The summed E-state index contributed by atoms with van der Waals surface area (Å²) in [7, 11) is 0. The second-order valence-corrected chi connectivity index (χ2v) is 5.40. The van der Waals surface area contributed by atoms with Crippen LogP contribution >= 0.6 is 0 Å². The number of carbonyl (C=O) groups excluding carboxylic acids is 1. The molecule has 0 saturated carbocycles. The van der Waals surface area contributed by atoms with Crippen molar-refractivity contribution in [1.82, 2.24) is 4.90 Å². The van der Waals surface area contributed by atoms with Crippen LogP contribution in [0.3, 0.4) is 0 Å². The van der Waals surface area contributed by atoms with Crippen LogP contribution in [0.4, 0.5) is 0 Å². The molecule has 0 aromatic rings. The van der Waals surface area contributed by atoms with Crippen LogP contribution in [-0.4, -0.2) is 36.1 Å². The van der Waals surface area contributed by atoms with Gasteiger partial charge < -0.3 is 4.74 Å². The third-order valence-corrected chi connectivity index (χ3v) is 3.99. The van der Waals surface area contributed by atoms with E-state index in [-0.39, 0.29) is 11.9 Å². The molecule has 0 N–H and O–H groups in total. The van der Waals surface area contributed by atoms with E-state index in [1.54, 1.807) is 0 Å². The fourth-order valence-corrected chi connectivity index (χ4v) is 2.85. The zero-order valence-corrected chi connectivity index (χ0v) is 11.9. The molecule has 3 atom stereocenters. The highest BCUT2D eigenvalue weighted by Crippen LogP contribution is 2.31. The summed E-state index contributed by atoms with van der Waals surface area (Å²) in [5, 5.41) is 0. The Kier molecular flexibility index (Phi) is 5.44. The highest BCUT2D eigenvalue weighted by molar-refractivity contribution is 5.73. The number of hydrogen-bond acceptors (Lipinski definition) is 3. The molecule has 0 aromatic carbocycles. The van der Waals surface area contributed by atoms with Gasteiger partial charge in [0.25, 0.3) is 0 Å². The topological polar surface area (TPSA) is 29.5 Å². The van der Waals surface area contributed by atoms with Crippen LogP contribution in [0.5, 0.6) is 0 Å². The standard InChI is InChI=1S/C14H27NO2/c1-6-12-8-13(14(16)17-7-2)11(5)15(9-12)10(3)4/h10-13H,6-9H2,1-5H3. The van der Waals surface area contributed by atoms with E-state index in [1.165, 1.54) is 0 Å². The molecule has 3 nitrogen and oxygen atoms in total. The minimum Gasteiger partial charge on any atom is -0.466 e. The zero-order valence-electron chi connectivity index (χ0n) is 11.9. The first-order valence-corrected chi connectivity index (χ1v) is 6.93. The smallest absolute Gasteiger partial charge is 0.310 e. The van der Waals surface area contributed by atoms with Crippen molar-refractivity contribution in [3.05, 3.63) is 0 Å². The molecule has 3 unspecified atom stereocenters. The lowest BCUT2D eigenvalue weighted by Crippen LogP contribution is -2.52. The third kappa shape index (κ3) is 3.44. The van der Waals surface area contributed by atoms with Crippen LogP contribution < -0.4 is 0 Å². The number of carbonyl (C=O) groups is 1. The van der Waals surface area contributed by atoms with Crippen LogP contribution in [0.15, 0.2) is 0 Å². The second-order valence-electron chi connectivity index (χ2n) is 5.40. The Bertz CT molecular complexity index is 253. The predicted octanol–water partition coefficient (Wildman–Crippen LogP) is 2.69. The predicted molar refractivity (Wildman–Crippen MR) is 69.8 cm³/mol. The van der Waals surface area contributed by atoms with Gasteiger partial charge in [-0.05, 0) is 40.0 Å². The minimum atomic E-state index is -0.0104. The van der Waals surface area contributed by atoms with Gasteiger partial charge in [-0.2, -0.15) is 0 Å². The average molecular weight is 241 g/mol. The Balaban J connectivity index is 2.77. The number of likely N-dealkylation sites (tertiary alicyclic amines) is 1. The molecule has 1 aliphatic rings. The van der Waals surface area contributed by atoms with Crippen LogP contribution in [-0.2, 0) is 9.53 Å². The minimum absolute atomic E-state index is 0.0104. The third-order valence-electron chi connectivity index (χ3n) is 3.99. The van der Waals surface area contributed by atoms with Gasteiger partial charge in [0, 0.05) is 18.6 Å². The summed E-state index contributed by atoms with van der Waals surface area (Å²) in [4.78, 5) is 14.4. The fraction of sp³-hybridized carbons (Fsp3) is 0.929. The van der Waals surface area contributed by atoms with Crippen molar-refractivity contribution < 1.29 is 9.53 Å². The first-order chi connectivity index (χ1) is 8.01. The molecule has 0 spiro atoms. The summed E-state index contributed by atoms with van der Waals surface area (Å²) >= 11 is 0. The largest absolute Gasteiger partial charge is 0.466 e. The lowest BCUT2D eigenvalue weighted by molar-refractivity contribution is -0.153. The van der Waals surface area contributed by atoms with Crippen molar-refractivity contribution in [2.24, 2.45) is 11.8 Å². The molecule has 1 fully saturated rings. The number of esters is 1. The van der Waals surface area contributed by atoms with E-state index in [9.17, 15) is 4.79 Å². The SMILES string of the molecule is CCOC(=O)C1CC(CC)CN(C(C)C)C1C. The number of hydrogen-bond donors (Lipinski definition) is 0. The Labute approximate surface area is 106 Å². The summed E-state index contributed by atoms with van der Waals surface area (Å²) in [6.45, 7) is 12.3. The van der Waals surface area contributed by atoms with Gasteiger partial charge in [0.15, 0.2) is 0 Å². The summed E-state index contributed by atoms with van der Waals surface area (Å²) < 4.78 is 5.21. The van der Waals surface area contributed by atoms with Gasteiger partial charge in [-0.3, -0.25) is 9.69 Å². The number of piperidine rings is 1. The highest BCUT2D eigenvalue weighted by Gasteiger charge is 2.38. The van der Waals surface area contributed by atoms with E-state index in [4.69, 9.17) is 4.74 Å². The van der Waals surface area contributed by atoms with Gasteiger partial charge in [-0.15, -0.1) is 0 Å². The normalized spacial score (nSPS) is 30.6.